The summed E-state index contributed by atoms with van der Waals surface area (Å²) in [5, 5.41) is 5.87. The first-order valence-corrected chi connectivity index (χ1v) is 8.87. The molecular weight excluding hydrogens is 386 g/mol. The van der Waals surface area contributed by atoms with E-state index in [1.165, 1.54) is 14.9 Å². The van der Waals surface area contributed by atoms with E-state index < -0.39 is 0 Å². The van der Waals surface area contributed by atoms with Gasteiger partial charge in [0.05, 0.1) is 3.79 Å². The number of hydrogen-bond acceptors (Lipinski definition) is 2. The summed E-state index contributed by atoms with van der Waals surface area (Å²) >= 11 is 8.78. The maximum Gasteiger partial charge on any atom is 0.0701 e. The molecule has 0 bridgehead atoms. The van der Waals surface area contributed by atoms with Gasteiger partial charge < -0.3 is 5.32 Å². The van der Waals surface area contributed by atoms with Gasteiger partial charge in [0.2, 0.25) is 0 Å². The average Bonchev–Trinajstić information content (AvgIpc) is 2.83. The lowest BCUT2D eigenvalue weighted by atomic mass is 10.0. The van der Waals surface area contributed by atoms with Crippen LogP contribution in [0.5, 0.6) is 0 Å². The molecule has 0 saturated heterocycles. The zero-order valence-corrected chi connectivity index (χ0v) is 14.8. The van der Waals surface area contributed by atoms with Crippen molar-refractivity contribution in [3.05, 3.63) is 55.1 Å². The van der Waals surface area contributed by atoms with Crippen molar-refractivity contribution in [3.63, 3.8) is 0 Å². The highest BCUT2D eigenvalue weighted by Gasteiger charge is 2.13. The van der Waals surface area contributed by atoms with Gasteiger partial charge in [0.1, 0.15) is 0 Å². The fraction of sp³-hybridized carbons (Fsp3) is 0.333. The van der Waals surface area contributed by atoms with Crippen molar-refractivity contribution in [3.8, 4) is 0 Å². The Morgan fingerprint density at radius 3 is 2.53 bits per heavy atom. The lowest BCUT2D eigenvalue weighted by molar-refractivity contribution is 0.530. The van der Waals surface area contributed by atoms with Gasteiger partial charge in [-0.25, -0.2) is 0 Å². The number of hydrogen-bond donors (Lipinski definition) is 1. The van der Waals surface area contributed by atoms with Gasteiger partial charge in [-0.1, -0.05) is 35.0 Å². The maximum absolute atomic E-state index is 3.64. The molecule has 0 radical (unpaired) electrons. The summed E-state index contributed by atoms with van der Waals surface area (Å²) in [7, 11) is 0. The summed E-state index contributed by atoms with van der Waals surface area (Å²) in [5.41, 5.74) is 2.73. The topological polar surface area (TPSA) is 12.0 Å². The molecule has 102 valence electrons. The summed E-state index contributed by atoms with van der Waals surface area (Å²) in [5.74, 6) is 0. The molecule has 1 nitrogen and oxygen atoms in total. The highest BCUT2D eigenvalue weighted by molar-refractivity contribution is 9.11. The highest BCUT2D eigenvalue weighted by Crippen LogP contribution is 2.27. The number of rotatable bonds is 6. The van der Waals surface area contributed by atoms with Crippen LogP contribution in [0, 0.1) is 0 Å². The zero-order valence-electron chi connectivity index (χ0n) is 10.8. The van der Waals surface area contributed by atoms with E-state index in [4.69, 9.17) is 0 Å². The van der Waals surface area contributed by atoms with E-state index in [0.717, 1.165) is 23.9 Å². The van der Waals surface area contributed by atoms with Crippen LogP contribution >= 0.6 is 43.2 Å². The minimum absolute atomic E-state index is 0.392. The van der Waals surface area contributed by atoms with Gasteiger partial charge in [0.15, 0.2) is 0 Å². The summed E-state index contributed by atoms with van der Waals surface area (Å²) in [6, 6.07) is 11.2. The molecule has 0 aliphatic rings. The van der Waals surface area contributed by atoms with Crippen molar-refractivity contribution in [1.29, 1.82) is 0 Å². The molecule has 0 amide bonds. The minimum atomic E-state index is 0.392. The van der Waals surface area contributed by atoms with Crippen molar-refractivity contribution < 1.29 is 0 Å². The van der Waals surface area contributed by atoms with Crippen molar-refractivity contribution >= 4 is 43.2 Å². The van der Waals surface area contributed by atoms with E-state index in [1.807, 2.05) is 0 Å². The summed E-state index contributed by atoms with van der Waals surface area (Å²) in [6.07, 6.45) is 2.18. The third-order valence-corrected chi connectivity index (χ3v) is 5.04. The Hall–Kier alpha value is -0.160. The molecule has 1 aromatic heterocycles. The van der Waals surface area contributed by atoms with Crippen LogP contribution in [0.3, 0.4) is 0 Å². The second-order valence-corrected chi connectivity index (χ2v) is 7.73. The van der Waals surface area contributed by atoms with Gasteiger partial charge in [0.25, 0.3) is 0 Å². The lowest BCUT2D eigenvalue weighted by Gasteiger charge is -2.17. The molecule has 0 saturated carbocycles. The third-order valence-electron chi connectivity index (χ3n) is 2.98. The summed E-state index contributed by atoms with van der Waals surface area (Å²) in [6.45, 7) is 3.25. The van der Waals surface area contributed by atoms with E-state index >= 15 is 0 Å². The minimum Gasteiger partial charge on any atom is -0.310 e. The first-order valence-electron chi connectivity index (χ1n) is 6.40. The quantitative estimate of drug-likeness (QED) is 0.667. The molecule has 4 heteroatoms. The molecule has 19 heavy (non-hydrogen) atoms. The molecule has 0 spiro atoms. The Bertz CT molecular complexity index is 507. The monoisotopic (exact) mass is 401 g/mol. The molecule has 0 aliphatic carbocycles. The third kappa shape index (κ3) is 4.71. The Balaban J connectivity index is 2.11. The van der Waals surface area contributed by atoms with Gasteiger partial charge in [-0.15, -0.1) is 11.3 Å². The van der Waals surface area contributed by atoms with Crippen LogP contribution in [0.4, 0.5) is 0 Å². The molecule has 1 atom stereocenters. The molecular formula is C15H17Br2NS. The van der Waals surface area contributed by atoms with Gasteiger partial charge in [0, 0.05) is 10.5 Å². The normalized spacial score (nSPS) is 12.6. The van der Waals surface area contributed by atoms with E-state index in [0.29, 0.717) is 6.04 Å². The van der Waals surface area contributed by atoms with Crippen LogP contribution in [0.25, 0.3) is 0 Å². The van der Waals surface area contributed by atoms with E-state index in [9.17, 15) is 0 Å². The standard InChI is InChI=1S/C15H17Br2NS/c1-2-7-18-14(12-9-15(17)19-10-12)8-11-3-5-13(16)6-4-11/h3-6,9-10,14,18H,2,7-8H2,1H3. The van der Waals surface area contributed by atoms with E-state index in [1.54, 1.807) is 11.3 Å². The number of halogens is 2. The molecule has 1 aromatic carbocycles. The first kappa shape index (κ1) is 15.2. The molecule has 1 unspecified atom stereocenters. The van der Waals surface area contributed by atoms with Crippen LogP contribution in [0.15, 0.2) is 44.0 Å². The van der Waals surface area contributed by atoms with Crippen LogP contribution in [0.2, 0.25) is 0 Å². The van der Waals surface area contributed by atoms with Crippen LogP contribution in [0.1, 0.15) is 30.5 Å². The van der Waals surface area contributed by atoms with E-state index in [-0.39, 0.29) is 0 Å². The number of nitrogens with one attached hydrogen (secondary N) is 1. The van der Waals surface area contributed by atoms with Gasteiger partial charge in [-0.2, -0.15) is 0 Å². The van der Waals surface area contributed by atoms with Crippen LogP contribution in [-0.2, 0) is 6.42 Å². The number of thiophene rings is 1. The lowest BCUT2D eigenvalue weighted by Crippen LogP contribution is -2.23. The van der Waals surface area contributed by atoms with Crippen molar-refractivity contribution in [2.75, 3.05) is 6.54 Å². The summed E-state index contributed by atoms with van der Waals surface area (Å²) in [4.78, 5) is 0. The molecule has 1 heterocycles. The maximum atomic E-state index is 3.64. The fourth-order valence-electron chi connectivity index (χ4n) is 1.99. The van der Waals surface area contributed by atoms with Crippen molar-refractivity contribution in [2.24, 2.45) is 0 Å². The van der Waals surface area contributed by atoms with Gasteiger partial charge >= 0.3 is 0 Å². The Morgan fingerprint density at radius 2 is 1.95 bits per heavy atom. The SMILES string of the molecule is CCCNC(Cc1ccc(Br)cc1)c1csc(Br)c1. The fourth-order valence-corrected chi connectivity index (χ4v) is 3.48. The molecule has 2 rings (SSSR count). The average molecular weight is 403 g/mol. The molecule has 1 N–H and O–H groups in total. The largest absolute Gasteiger partial charge is 0.310 e. The summed E-state index contributed by atoms with van der Waals surface area (Å²) < 4.78 is 2.33. The van der Waals surface area contributed by atoms with Crippen molar-refractivity contribution in [1.82, 2.24) is 5.32 Å². The Morgan fingerprint density at radius 1 is 1.21 bits per heavy atom. The molecule has 2 aromatic rings. The molecule has 0 fully saturated rings. The second kappa shape index (κ2) is 7.58. The van der Waals surface area contributed by atoms with Crippen LogP contribution < -0.4 is 5.32 Å². The van der Waals surface area contributed by atoms with E-state index in [2.05, 4.69) is 79.8 Å². The smallest absolute Gasteiger partial charge is 0.0701 e. The number of benzene rings is 1. The Kier molecular flexibility index (Phi) is 6.07. The molecule has 0 aliphatic heterocycles. The van der Waals surface area contributed by atoms with Gasteiger partial charge in [-0.3, -0.25) is 0 Å². The predicted octanol–water partition coefficient (Wildman–Crippen LogP) is 5.56. The van der Waals surface area contributed by atoms with Crippen molar-refractivity contribution in [2.45, 2.75) is 25.8 Å². The van der Waals surface area contributed by atoms with Crippen LogP contribution in [-0.4, -0.2) is 6.54 Å². The highest BCUT2D eigenvalue weighted by atomic mass is 79.9. The second-order valence-electron chi connectivity index (χ2n) is 4.52. The predicted molar refractivity (Wildman–Crippen MR) is 90.9 cm³/mol. The first-order chi connectivity index (χ1) is 9.19. The van der Waals surface area contributed by atoms with Gasteiger partial charge in [-0.05, 0) is 70.0 Å². The Labute approximate surface area is 135 Å². The zero-order chi connectivity index (χ0) is 13.7.